The van der Waals surface area contributed by atoms with E-state index in [1.54, 1.807) is 0 Å². The van der Waals surface area contributed by atoms with E-state index in [0.717, 1.165) is 25.1 Å². The number of nitrogens with zero attached hydrogens (tertiary/aromatic N) is 3. The number of ether oxygens (including phenoxy) is 2. The molecular weight excluding hydrogens is 206 g/mol. The van der Waals surface area contributed by atoms with Crippen LogP contribution in [0.4, 0.5) is 0 Å². The van der Waals surface area contributed by atoms with Crippen LogP contribution in [0.25, 0.3) is 0 Å². The Morgan fingerprint density at radius 2 is 1.94 bits per heavy atom. The topological polar surface area (TPSA) is 49.2 Å². The van der Waals surface area contributed by atoms with Crippen LogP contribution in [-0.4, -0.2) is 34.5 Å². The van der Waals surface area contributed by atoms with E-state index in [9.17, 15) is 0 Å². The molecule has 0 aromatic carbocycles. The Morgan fingerprint density at radius 3 is 2.44 bits per heavy atom. The Labute approximate surface area is 96.7 Å². The molecule has 0 saturated carbocycles. The Bertz CT molecular complexity index is 283. The van der Waals surface area contributed by atoms with Crippen LogP contribution >= 0.6 is 0 Å². The van der Waals surface area contributed by atoms with Gasteiger partial charge in [0, 0.05) is 32.4 Å². The van der Waals surface area contributed by atoms with E-state index in [-0.39, 0.29) is 6.29 Å². The van der Waals surface area contributed by atoms with Crippen LogP contribution in [0.2, 0.25) is 0 Å². The van der Waals surface area contributed by atoms with Crippen molar-refractivity contribution in [3.63, 3.8) is 0 Å². The lowest BCUT2D eigenvalue weighted by molar-refractivity contribution is -0.141. The molecule has 0 N–H and O–H groups in total. The van der Waals surface area contributed by atoms with Gasteiger partial charge in [-0.15, -0.1) is 5.10 Å². The third-order valence-corrected chi connectivity index (χ3v) is 2.25. The maximum absolute atomic E-state index is 5.45. The number of hydrogen-bond donors (Lipinski definition) is 0. The van der Waals surface area contributed by atoms with E-state index in [4.69, 9.17) is 9.47 Å². The summed E-state index contributed by atoms with van der Waals surface area (Å²) >= 11 is 0. The first-order valence-corrected chi connectivity index (χ1v) is 5.92. The predicted molar refractivity (Wildman–Crippen MR) is 61.1 cm³/mol. The number of rotatable bonds is 8. The second-order valence-electron chi connectivity index (χ2n) is 3.46. The molecule has 16 heavy (non-hydrogen) atoms. The molecule has 0 aliphatic heterocycles. The molecule has 1 aromatic heterocycles. The minimum Gasteiger partial charge on any atom is -0.353 e. The molecule has 1 aromatic rings. The predicted octanol–water partition coefficient (Wildman–Crippen LogP) is 1.63. The van der Waals surface area contributed by atoms with Crippen molar-refractivity contribution in [2.45, 2.75) is 46.4 Å². The van der Waals surface area contributed by atoms with Gasteiger partial charge in [0.15, 0.2) is 6.29 Å². The zero-order chi connectivity index (χ0) is 11.8. The summed E-state index contributed by atoms with van der Waals surface area (Å²) in [6.07, 6.45) is 3.55. The Hall–Kier alpha value is -0.940. The smallest absolute Gasteiger partial charge is 0.159 e. The van der Waals surface area contributed by atoms with Crippen LogP contribution in [0.5, 0.6) is 0 Å². The fourth-order valence-corrected chi connectivity index (χ4v) is 1.43. The normalized spacial score (nSPS) is 11.2. The van der Waals surface area contributed by atoms with Crippen molar-refractivity contribution in [1.29, 1.82) is 0 Å². The number of hydrogen-bond acceptors (Lipinski definition) is 4. The molecule has 0 spiro atoms. The maximum atomic E-state index is 5.45. The van der Waals surface area contributed by atoms with Gasteiger partial charge in [0.1, 0.15) is 0 Å². The largest absolute Gasteiger partial charge is 0.353 e. The van der Waals surface area contributed by atoms with Gasteiger partial charge in [0.05, 0.1) is 5.69 Å². The van der Waals surface area contributed by atoms with Crippen LogP contribution in [0.15, 0.2) is 6.20 Å². The van der Waals surface area contributed by atoms with Crippen molar-refractivity contribution >= 4 is 0 Å². The molecule has 0 saturated heterocycles. The van der Waals surface area contributed by atoms with E-state index in [0.29, 0.717) is 13.2 Å². The van der Waals surface area contributed by atoms with Gasteiger partial charge in [0.2, 0.25) is 0 Å². The molecule has 0 bridgehead atoms. The second-order valence-corrected chi connectivity index (χ2v) is 3.46. The van der Waals surface area contributed by atoms with Crippen molar-refractivity contribution in [3.8, 4) is 0 Å². The zero-order valence-electron chi connectivity index (χ0n) is 10.3. The SMILES string of the molecule is CCOC(CCn1cc(CC)nn1)OCC. The molecule has 92 valence electrons. The van der Waals surface area contributed by atoms with Crippen LogP contribution in [-0.2, 0) is 22.4 Å². The van der Waals surface area contributed by atoms with Crippen LogP contribution in [0.3, 0.4) is 0 Å². The van der Waals surface area contributed by atoms with Crippen LogP contribution in [0, 0.1) is 0 Å². The fourth-order valence-electron chi connectivity index (χ4n) is 1.43. The number of aryl methyl sites for hydroxylation is 2. The second kappa shape index (κ2) is 7.35. The summed E-state index contributed by atoms with van der Waals surface area (Å²) in [6.45, 7) is 8.12. The summed E-state index contributed by atoms with van der Waals surface area (Å²) in [5.41, 5.74) is 1.02. The van der Waals surface area contributed by atoms with E-state index in [1.807, 2.05) is 24.7 Å². The summed E-state index contributed by atoms with van der Waals surface area (Å²) in [6, 6.07) is 0. The standard InChI is InChI=1S/C11H21N3O2/c1-4-10-9-14(13-12-10)8-7-11(15-5-2)16-6-3/h9,11H,4-8H2,1-3H3. The average Bonchev–Trinajstić information content (AvgIpc) is 2.74. The Balaban J connectivity index is 2.35. The van der Waals surface area contributed by atoms with Crippen molar-refractivity contribution in [2.75, 3.05) is 13.2 Å². The highest BCUT2D eigenvalue weighted by molar-refractivity contribution is 4.90. The van der Waals surface area contributed by atoms with Crippen molar-refractivity contribution in [3.05, 3.63) is 11.9 Å². The molecule has 0 atom stereocenters. The Morgan fingerprint density at radius 1 is 1.25 bits per heavy atom. The quantitative estimate of drug-likeness (QED) is 0.633. The monoisotopic (exact) mass is 227 g/mol. The van der Waals surface area contributed by atoms with Gasteiger partial charge in [0.25, 0.3) is 0 Å². The summed E-state index contributed by atoms with van der Waals surface area (Å²) in [5.74, 6) is 0. The zero-order valence-corrected chi connectivity index (χ0v) is 10.3. The molecule has 0 amide bonds. The fraction of sp³-hybridized carbons (Fsp3) is 0.818. The van der Waals surface area contributed by atoms with Gasteiger partial charge in [-0.05, 0) is 20.3 Å². The molecule has 0 radical (unpaired) electrons. The van der Waals surface area contributed by atoms with Crippen LogP contribution < -0.4 is 0 Å². The minimum atomic E-state index is -0.135. The van der Waals surface area contributed by atoms with E-state index < -0.39 is 0 Å². The molecule has 0 unspecified atom stereocenters. The Kier molecular flexibility index (Phi) is 6.03. The lowest BCUT2D eigenvalue weighted by Gasteiger charge is -2.16. The molecule has 0 aliphatic rings. The third kappa shape index (κ3) is 4.28. The molecule has 5 nitrogen and oxygen atoms in total. The highest BCUT2D eigenvalue weighted by Gasteiger charge is 2.08. The lowest BCUT2D eigenvalue weighted by atomic mass is 10.4. The van der Waals surface area contributed by atoms with Crippen molar-refractivity contribution in [2.24, 2.45) is 0 Å². The molecule has 5 heteroatoms. The first-order chi connectivity index (χ1) is 7.80. The van der Waals surface area contributed by atoms with E-state index in [1.165, 1.54) is 0 Å². The molecule has 0 aliphatic carbocycles. The van der Waals surface area contributed by atoms with Gasteiger partial charge < -0.3 is 9.47 Å². The van der Waals surface area contributed by atoms with Gasteiger partial charge in [-0.25, -0.2) is 0 Å². The van der Waals surface area contributed by atoms with E-state index >= 15 is 0 Å². The first-order valence-electron chi connectivity index (χ1n) is 5.92. The van der Waals surface area contributed by atoms with Gasteiger partial charge >= 0.3 is 0 Å². The maximum Gasteiger partial charge on any atom is 0.159 e. The minimum absolute atomic E-state index is 0.135. The summed E-state index contributed by atoms with van der Waals surface area (Å²) < 4.78 is 12.7. The van der Waals surface area contributed by atoms with E-state index in [2.05, 4.69) is 17.2 Å². The van der Waals surface area contributed by atoms with Crippen molar-refractivity contribution in [1.82, 2.24) is 15.0 Å². The number of aromatic nitrogens is 3. The van der Waals surface area contributed by atoms with Gasteiger partial charge in [-0.2, -0.15) is 0 Å². The van der Waals surface area contributed by atoms with Crippen LogP contribution in [0.1, 0.15) is 32.9 Å². The summed E-state index contributed by atoms with van der Waals surface area (Å²) in [7, 11) is 0. The lowest BCUT2D eigenvalue weighted by Crippen LogP contribution is -2.19. The summed E-state index contributed by atoms with van der Waals surface area (Å²) in [5, 5.41) is 8.07. The summed E-state index contributed by atoms with van der Waals surface area (Å²) in [4.78, 5) is 0. The highest BCUT2D eigenvalue weighted by Crippen LogP contribution is 2.04. The molecular formula is C11H21N3O2. The third-order valence-electron chi connectivity index (χ3n) is 2.25. The van der Waals surface area contributed by atoms with Gasteiger partial charge in [-0.3, -0.25) is 4.68 Å². The molecule has 0 fully saturated rings. The average molecular weight is 227 g/mol. The molecule has 1 rings (SSSR count). The van der Waals surface area contributed by atoms with Crippen molar-refractivity contribution < 1.29 is 9.47 Å². The highest BCUT2D eigenvalue weighted by atomic mass is 16.7. The first kappa shape index (κ1) is 13.1. The van der Waals surface area contributed by atoms with Gasteiger partial charge in [-0.1, -0.05) is 12.1 Å². The molecule has 1 heterocycles.